The smallest absolute Gasteiger partial charge is 0.521 e. The van der Waals surface area contributed by atoms with Crippen LogP contribution in [0.3, 0.4) is 0 Å². The maximum Gasteiger partial charge on any atom is 0.521 e. The Labute approximate surface area is 302 Å². The van der Waals surface area contributed by atoms with Gasteiger partial charge in [-0.05, 0) is 86.7 Å². The van der Waals surface area contributed by atoms with Gasteiger partial charge in [0.1, 0.15) is 17.1 Å². The highest BCUT2D eigenvalue weighted by Gasteiger charge is 2.22. The number of nitrogens with zero attached hydrogens (tertiary/aromatic N) is 1. The van der Waals surface area contributed by atoms with Gasteiger partial charge in [-0.2, -0.15) is 13.2 Å². The summed E-state index contributed by atoms with van der Waals surface area (Å²) in [5.41, 5.74) is 3.31. The normalized spacial score (nSPS) is 11.1. The van der Waals surface area contributed by atoms with Crippen LogP contribution in [0.5, 0.6) is 5.75 Å². The van der Waals surface area contributed by atoms with Gasteiger partial charge in [0.15, 0.2) is 5.78 Å². The van der Waals surface area contributed by atoms with Gasteiger partial charge in [0.05, 0.1) is 12.2 Å². The summed E-state index contributed by atoms with van der Waals surface area (Å²) in [7, 11) is -5.65. The zero-order valence-electron chi connectivity index (χ0n) is 30.3. The summed E-state index contributed by atoms with van der Waals surface area (Å²) in [6, 6.07) is 13.7. The number of carbonyl (C=O) groups is 1. The molecule has 3 aromatic rings. The Morgan fingerprint density at radius 1 is 0.880 bits per heavy atom. The third kappa shape index (κ3) is 19.4. The molecule has 11 nitrogen and oxygen atoms in total. The van der Waals surface area contributed by atoms with E-state index in [1.807, 2.05) is 36.4 Å². The maximum atomic E-state index is 13.6. The lowest BCUT2D eigenvalue weighted by atomic mass is 9.97. The minimum Gasteiger partial charge on any atom is -0.565 e. The molecule has 282 valence electrons. The molecule has 0 saturated carbocycles. The standard InChI is InChI=1S/C37H55NO3.HNO2S.HO4P.H2/c1-5-8-11-12-13-14-15-16-26-38(25-10-7-3)27-17-28-40-32-22-20-31(21-23-32)37(39)36-33-29-30(4)19-24-34(33)41-35(36)18-9-6-2;1-4(2)3;1-4-5(2)3;/h19-24,29H,5-18,25-28H2,1-4H3;1H;1H;1H. The van der Waals surface area contributed by atoms with Crippen LogP contribution in [0.4, 0.5) is 0 Å². The molecule has 0 aliphatic carbocycles. The molecule has 0 spiro atoms. The number of furan rings is 1. The molecule has 0 saturated heterocycles. The second-order valence-corrected chi connectivity index (χ2v) is 13.3. The predicted molar refractivity (Wildman–Crippen MR) is 199 cm³/mol. The molecule has 2 aromatic carbocycles. The summed E-state index contributed by atoms with van der Waals surface area (Å²) in [4.78, 5) is 25.2. The quantitative estimate of drug-likeness (QED) is 0.0314. The van der Waals surface area contributed by atoms with E-state index in [2.05, 4.69) is 43.3 Å². The number of unbranched alkanes of at least 4 members (excludes halogenated alkanes) is 9. The molecule has 13 heteroatoms. The van der Waals surface area contributed by atoms with Crippen LogP contribution in [-0.4, -0.2) is 50.6 Å². The van der Waals surface area contributed by atoms with Gasteiger partial charge in [-0.15, -0.1) is 0 Å². The minimum absolute atomic E-state index is 0. The van der Waals surface area contributed by atoms with Crippen LogP contribution < -0.4 is 9.63 Å². The van der Waals surface area contributed by atoms with E-state index >= 15 is 0 Å². The maximum absolute atomic E-state index is 13.6. The van der Waals surface area contributed by atoms with Crippen LogP contribution in [0, 0.1) is 11.7 Å². The Kier molecular flexibility index (Phi) is 24.9. The zero-order chi connectivity index (χ0) is 37.1. The average Bonchev–Trinajstić information content (AvgIpc) is 3.45. The number of ether oxygens (including phenoxy) is 1. The molecule has 2 N–H and O–H groups in total. The van der Waals surface area contributed by atoms with Crippen molar-refractivity contribution in [2.45, 2.75) is 118 Å². The first kappa shape index (κ1) is 45.0. The van der Waals surface area contributed by atoms with Gasteiger partial charge >= 0.3 is 18.8 Å². The molecular formula is C37H59N2O9PS. The van der Waals surface area contributed by atoms with Crippen molar-refractivity contribution in [3.8, 4) is 5.75 Å². The van der Waals surface area contributed by atoms with Crippen molar-refractivity contribution in [2.24, 2.45) is 0 Å². The molecule has 1 heterocycles. The highest BCUT2D eigenvalue weighted by molar-refractivity contribution is 7.60. The number of carbonyl (C=O) groups excluding carboxylic acids is 1. The summed E-state index contributed by atoms with van der Waals surface area (Å²) >= 11 is 0. The van der Waals surface area contributed by atoms with E-state index in [1.165, 1.54) is 77.3 Å². The molecular weight excluding hydrogens is 679 g/mol. The lowest BCUT2D eigenvalue weighted by Crippen LogP contribution is -2.28. The fraction of sp³-hybridized carbons (Fsp3) is 0.595. The molecule has 1 aromatic heterocycles. The van der Waals surface area contributed by atoms with Crippen molar-refractivity contribution < 1.29 is 43.2 Å². The van der Waals surface area contributed by atoms with Gasteiger partial charge in [0, 0.05) is 30.0 Å². The van der Waals surface area contributed by atoms with Crippen LogP contribution >= 0.6 is 8.25 Å². The average molecular weight is 739 g/mol. The van der Waals surface area contributed by atoms with Crippen molar-refractivity contribution in [3.63, 3.8) is 0 Å². The summed E-state index contributed by atoms with van der Waals surface area (Å²) < 4.78 is 46.7. The Bertz CT molecular complexity index is 1500. The third-order valence-electron chi connectivity index (χ3n) is 8.13. The fourth-order valence-electron chi connectivity index (χ4n) is 5.54. The van der Waals surface area contributed by atoms with Crippen molar-refractivity contribution in [2.75, 3.05) is 26.2 Å². The van der Waals surface area contributed by atoms with Crippen LogP contribution in [-0.2, 0) is 26.2 Å². The van der Waals surface area contributed by atoms with Crippen LogP contribution in [0.25, 0.3) is 11.0 Å². The first-order valence-electron chi connectivity index (χ1n) is 17.9. The molecule has 3 rings (SSSR count). The van der Waals surface area contributed by atoms with Gasteiger partial charge in [0.2, 0.25) is 0 Å². The molecule has 0 fully saturated rings. The number of ketones is 1. The Morgan fingerprint density at radius 2 is 1.42 bits per heavy atom. The second-order valence-electron chi connectivity index (χ2n) is 12.3. The first-order chi connectivity index (χ1) is 24.1. The Balaban J connectivity index is 0.00000223. The molecule has 0 aliphatic heterocycles. The van der Waals surface area contributed by atoms with Crippen molar-refractivity contribution in [3.05, 3.63) is 64.9 Å². The number of hydrogen-bond donors (Lipinski definition) is 2. The number of aryl methyl sites for hydroxylation is 2. The van der Waals surface area contributed by atoms with Gasteiger partial charge in [-0.25, -0.2) is 5.26 Å². The van der Waals surface area contributed by atoms with E-state index in [1.54, 1.807) is 0 Å². The SMILES string of the molecule is CCCCCCCCCCN(CCCC)CCCOc1ccc(C(=O)c2c(CCCC)oc3ccc(C)cc23)cc1.N=S(=O)=O.O=[P+]([O-])OO.[HH]. The van der Waals surface area contributed by atoms with E-state index in [-0.39, 0.29) is 7.21 Å². The zero-order valence-corrected chi connectivity index (χ0v) is 32.0. The summed E-state index contributed by atoms with van der Waals surface area (Å²) in [5.74, 6) is 1.65. The second kappa shape index (κ2) is 27.7. The van der Waals surface area contributed by atoms with E-state index in [0.717, 1.165) is 65.8 Å². The van der Waals surface area contributed by atoms with Crippen LogP contribution in [0.15, 0.2) is 46.9 Å². The molecule has 0 bridgehead atoms. The summed E-state index contributed by atoms with van der Waals surface area (Å²) in [6.45, 7) is 12.9. The largest absolute Gasteiger partial charge is 0.565 e. The number of benzene rings is 2. The molecule has 50 heavy (non-hydrogen) atoms. The van der Waals surface area contributed by atoms with Crippen molar-refractivity contribution in [1.82, 2.24) is 4.90 Å². The van der Waals surface area contributed by atoms with Gasteiger partial charge in [0.25, 0.3) is 0 Å². The lowest BCUT2D eigenvalue weighted by molar-refractivity contribution is -0.244. The lowest BCUT2D eigenvalue weighted by Gasteiger charge is -2.22. The van der Waals surface area contributed by atoms with Gasteiger partial charge in [-0.1, -0.05) is 90.2 Å². The van der Waals surface area contributed by atoms with Gasteiger partial charge in [-0.3, -0.25) is 4.79 Å². The minimum atomic E-state index is -3.04. The van der Waals surface area contributed by atoms with E-state index < -0.39 is 18.8 Å². The number of nitrogens with one attached hydrogen (secondary N) is 1. The summed E-state index contributed by atoms with van der Waals surface area (Å²) in [6.07, 6.45) is 17.3. The fourth-order valence-corrected chi connectivity index (χ4v) is 5.54. The van der Waals surface area contributed by atoms with E-state index in [4.69, 9.17) is 37.1 Å². The predicted octanol–water partition coefficient (Wildman–Crippen LogP) is 9.69. The number of fused-ring (bicyclic) bond motifs is 1. The third-order valence-corrected chi connectivity index (χ3v) is 8.26. The number of rotatable bonds is 23. The van der Waals surface area contributed by atoms with Gasteiger partial charge < -0.3 is 18.9 Å². The van der Waals surface area contributed by atoms with E-state index in [0.29, 0.717) is 12.2 Å². The molecule has 0 aliphatic rings. The Hall–Kier alpha value is -2.99. The van der Waals surface area contributed by atoms with Crippen molar-refractivity contribution in [1.29, 1.82) is 4.78 Å². The molecule has 1 atom stereocenters. The number of hydrogen-bond acceptors (Lipinski definition) is 11. The topological polar surface area (TPSA) is 170 Å². The molecule has 0 amide bonds. The van der Waals surface area contributed by atoms with Crippen molar-refractivity contribution >= 4 is 35.5 Å². The highest BCUT2D eigenvalue weighted by atomic mass is 32.2. The monoisotopic (exact) mass is 738 g/mol. The van der Waals surface area contributed by atoms with E-state index in [9.17, 15) is 4.79 Å². The highest BCUT2D eigenvalue weighted by Crippen LogP contribution is 2.30. The Morgan fingerprint density at radius 3 is 2.00 bits per heavy atom. The summed E-state index contributed by atoms with van der Waals surface area (Å²) in [5, 5.41) is 7.96. The van der Waals surface area contributed by atoms with Crippen LogP contribution in [0.1, 0.15) is 133 Å². The first-order valence-corrected chi connectivity index (χ1v) is 20.0. The van der Waals surface area contributed by atoms with Crippen LogP contribution in [0.2, 0.25) is 0 Å². The molecule has 0 radical (unpaired) electrons. The molecule has 1 unspecified atom stereocenters.